The van der Waals surface area contributed by atoms with Gasteiger partial charge in [-0.15, -0.1) is 12.4 Å². The molecule has 2 nitrogen and oxygen atoms in total. The molecule has 0 saturated heterocycles. The molecular weight excluding hydrogens is 162 g/mol. The fourth-order valence-electron chi connectivity index (χ4n) is 1.17. The smallest absolute Gasteiger partial charge is 0.423 e. The highest BCUT2D eigenvalue weighted by Crippen LogP contribution is 2.07. The van der Waals surface area contributed by atoms with Gasteiger partial charge in [0.2, 0.25) is 0 Å². The molecule has 11 heavy (non-hydrogen) atoms. The van der Waals surface area contributed by atoms with Crippen molar-refractivity contribution in [1.82, 2.24) is 0 Å². The van der Waals surface area contributed by atoms with Crippen LogP contribution in [0.1, 0.15) is 5.56 Å². The van der Waals surface area contributed by atoms with E-state index in [0.29, 0.717) is 6.61 Å². The Morgan fingerprint density at radius 1 is 1.36 bits per heavy atom. The van der Waals surface area contributed by atoms with E-state index in [4.69, 9.17) is 9.68 Å². The molecule has 1 heterocycles. The summed E-state index contributed by atoms with van der Waals surface area (Å²) in [7, 11) is -0.698. The van der Waals surface area contributed by atoms with E-state index in [0.717, 1.165) is 11.0 Å². The molecule has 0 atom stereocenters. The second kappa shape index (κ2) is 3.26. The van der Waals surface area contributed by atoms with Gasteiger partial charge in [-0.05, 0) is 11.0 Å². The van der Waals surface area contributed by atoms with Crippen LogP contribution in [0.4, 0.5) is 0 Å². The molecule has 0 saturated carbocycles. The first-order valence-corrected chi connectivity index (χ1v) is 3.25. The van der Waals surface area contributed by atoms with Crippen LogP contribution in [0.15, 0.2) is 24.3 Å². The predicted molar refractivity (Wildman–Crippen MR) is 46.1 cm³/mol. The molecule has 0 bridgehead atoms. The Morgan fingerprint density at radius 2 is 2.09 bits per heavy atom. The number of halogens is 1. The van der Waals surface area contributed by atoms with Crippen molar-refractivity contribution in [2.75, 3.05) is 0 Å². The van der Waals surface area contributed by atoms with E-state index in [2.05, 4.69) is 0 Å². The molecule has 1 aliphatic rings. The highest BCUT2D eigenvalue weighted by atomic mass is 35.5. The van der Waals surface area contributed by atoms with Crippen LogP contribution in [0.3, 0.4) is 0 Å². The van der Waals surface area contributed by atoms with Crippen LogP contribution in [-0.2, 0) is 11.3 Å². The highest BCUT2D eigenvalue weighted by Gasteiger charge is 2.25. The third-order valence-electron chi connectivity index (χ3n) is 1.72. The lowest BCUT2D eigenvalue weighted by atomic mass is 9.80. The Hall–Kier alpha value is -0.505. The van der Waals surface area contributed by atoms with Crippen LogP contribution in [0.25, 0.3) is 0 Å². The monoisotopic (exact) mass is 170 g/mol. The van der Waals surface area contributed by atoms with Crippen molar-refractivity contribution < 1.29 is 9.68 Å². The maximum Gasteiger partial charge on any atom is 0.491 e. The second-order valence-corrected chi connectivity index (χ2v) is 2.36. The summed E-state index contributed by atoms with van der Waals surface area (Å²) in [5.41, 5.74) is 2.00. The van der Waals surface area contributed by atoms with Gasteiger partial charge < -0.3 is 9.68 Å². The first-order valence-electron chi connectivity index (χ1n) is 3.25. The fraction of sp³-hybridized carbons (Fsp3) is 0.143. The largest absolute Gasteiger partial charge is 0.491 e. The number of fused-ring (bicyclic) bond motifs is 1. The van der Waals surface area contributed by atoms with Crippen molar-refractivity contribution in [3.05, 3.63) is 29.8 Å². The molecular formula is C7H8BClO2. The first kappa shape index (κ1) is 8.59. The van der Waals surface area contributed by atoms with Gasteiger partial charge in [-0.1, -0.05) is 24.3 Å². The molecule has 1 N–H and O–H groups in total. The van der Waals surface area contributed by atoms with E-state index < -0.39 is 7.12 Å². The molecule has 0 unspecified atom stereocenters. The molecule has 0 spiro atoms. The maximum atomic E-state index is 9.16. The van der Waals surface area contributed by atoms with Gasteiger partial charge in [-0.2, -0.15) is 0 Å². The van der Waals surface area contributed by atoms with E-state index in [9.17, 15) is 0 Å². The summed E-state index contributed by atoms with van der Waals surface area (Å²) >= 11 is 0. The molecule has 0 radical (unpaired) electrons. The van der Waals surface area contributed by atoms with Gasteiger partial charge in [0, 0.05) is 0 Å². The Kier molecular flexibility index (Phi) is 2.55. The van der Waals surface area contributed by atoms with E-state index in [1.807, 2.05) is 24.3 Å². The molecule has 0 aliphatic carbocycles. The Balaban J connectivity index is 0.000000605. The number of hydrogen-bond donors (Lipinski definition) is 1. The van der Waals surface area contributed by atoms with Crippen molar-refractivity contribution in [3.8, 4) is 0 Å². The molecule has 0 fully saturated rings. The minimum Gasteiger partial charge on any atom is -0.423 e. The summed E-state index contributed by atoms with van der Waals surface area (Å²) in [5.74, 6) is 0. The van der Waals surface area contributed by atoms with E-state index in [-0.39, 0.29) is 12.4 Å². The third-order valence-corrected chi connectivity index (χ3v) is 1.72. The Bertz CT molecular complexity index is 254. The van der Waals surface area contributed by atoms with Gasteiger partial charge in [-0.25, -0.2) is 0 Å². The van der Waals surface area contributed by atoms with Crippen molar-refractivity contribution in [2.45, 2.75) is 6.61 Å². The lowest BCUT2D eigenvalue weighted by Crippen LogP contribution is -2.27. The van der Waals surface area contributed by atoms with Gasteiger partial charge >= 0.3 is 7.12 Å². The number of benzene rings is 1. The zero-order valence-corrected chi connectivity index (χ0v) is 6.67. The van der Waals surface area contributed by atoms with Gasteiger partial charge in [0.15, 0.2) is 0 Å². The van der Waals surface area contributed by atoms with E-state index >= 15 is 0 Å². The lowest BCUT2D eigenvalue weighted by molar-refractivity contribution is 0.275. The van der Waals surface area contributed by atoms with Gasteiger partial charge in [-0.3, -0.25) is 0 Å². The van der Waals surface area contributed by atoms with Crippen LogP contribution in [-0.4, -0.2) is 12.1 Å². The van der Waals surface area contributed by atoms with Crippen LogP contribution in [0, 0.1) is 0 Å². The Labute approximate surface area is 71.7 Å². The predicted octanol–water partition coefficient (Wildman–Crippen LogP) is 0.326. The highest BCUT2D eigenvalue weighted by molar-refractivity contribution is 6.61. The second-order valence-electron chi connectivity index (χ2n) is 2.36. The molecule has 1 aliphatic heterocycles. The third kappa shape index (κ3) is 1.40. The van der Waals surface area contributed by atoms with Gasteiger partial charge in [0.1, 0.15) is 0 Å². The molecule has 4 heteroatoms. The molecule has 1 aromatic rings. The van der Waals surface area contributed by atoms with Crippen LogP contribution >= 0.6 is 12.4 Å². The number of hydrogen-bond acceptors (Lipinski definition) is 2. The van der Waals surface area contributed by atoms with Crippen molar-refractivity contribution in [2.24, 2.45) is 0 Å². The van der Waals surface area contributed by atoms with Crippen molar-refractivity contribution in [1.29, 1.82) is 0 Å². The summed E-state index contributed by atoms with van der Waals surface area (Å²) in [4.78, 5) is 0. The van der Waals surface area contributed by atoms with Gasteiger partial charge in [0.05, 0.1) is 6.61 Å². The van der Waals surface area contributed by atoms with Gasteiger partial charge in [0.25, 0.3) is 0 Å². The molecule has 2 rings (SSSR count). The molecule has 0 amide bonds. The molecule has 58 valence electrons. The minimum atomic E-state index is -0.698. The SMILES string of the molecule is Cl.OB1OCc2ccccc21. The average Bonchev–Trinajstić information content (AvgIpc) is 2.34. The standard InChI is InChI=1S/C7H7BO2.ClH/c9-8-7-4-2-1-3-6(7)5-10-8;/h1-4,9H,5H2;1H. The first-order chi connectivity index (χ1) is 4.88. The van der Waals surface area contributed by atoms with Crippen LogP contribution in [0.5, 0.6) is 0 Å². The fourth-order valence-corrected chi connectivity index (χ4v) is 1.17. The Morgan fingerprint density at radius 3 is 2.82 bits per heavy atom. The summed E-state index contributed by atoms with van der Waals surface area (Å²) in [6.45, 7) is 0.539. The summed E-state index contributed by atoms with van der Waals surface area (Å²) in [6.07, 6.45) is 0. The van der Waals surface area contributed by atoms with Crippen molar-refractivity contribution >= 4 is 25.0 Å². The average molecular weight is 170 g/mol. The quantitative estimate of drug-likeness (QED) is 0.569. The lowest BCUT2D eigenvalue weighted by Gasteiger charge is -1.93. The summed E-state index contributed by atoms with van der Waals surface area (Å²) in [6, 6.07) is 7.69. The minimum absolute atomic E-state index is 0. The topological polar surface area (TPSA) is 29.5 Å². The maximum absolute atomic E-state index is 9.16. The summed E-state index contributed by atoms with van der Waals surface area (Å²) < 4.78 is 4.98. The van der Waals surface area contributed by atoms with E-state index in [1.165, 1.54) is 0 Å². The zero-order chi connectivity index (χ0) is 6.97. The number of rotatable bonds is 0. The normalized spacial score (nSPS) is 14.1. The van der Waals surface area contributed by atoms with E-state index in [1.54, 1.807) is 0 Å². The van der Waals surface area contributed by atoms with Crippen LogP contribution in [0.2, 0.25) is 0 Å². The van der Waals surface area contributed by atoms with Crippen molar-refractivity contribution in [3.63, 3.8) is 0 Å². The molecule has 1 aromatic carbocycles. The summed E-state index contributed by atoms with van der Waals surface area (Å²) in [5, 5.41) is 9.16. The molecule has 0 aromatic heterocycles. The van der Waals surface area contributed by atoms with Crippen LogP contribution < -0.4 is 5.46 Å². The zero-order valence-electron chi connectivity index (χ0n) is 5.86.